The minimum Gasteiger partial charge on any atom is -0.681 e. The van der Waals surface area contributed by atoms with Crippen LogP contribution in [0.3, 0.4) is 0 Å². The number of rotatable bonds is 3. The van der Waals surface area contributed by atoms with Crippen LogP contribution in [0.5, 0.6) is 0 Å². The number of hydrogen-bond donors (Lipinski definition) is 0. The first-order chi connectivity index (χ1) is 6.06. The fourth-order valence-corrected chi connectivity index (χ4v) is 5.85. The van der Waals surface area contributed by atoms with Gasteiger partial charge >= 0.3 is 29.6 Å². The molecule has 0 radical (unpaired) electrons. The van der Waals surface area contributed by atoms with Crippen LogP contribution in [0.15, 0.2) is 10.7 Å². The minimum atomic E-state index is -1.33. The molecule has 1 heterocycles. The zero-order valence-electron chi connectivity index (χ0n) is 10.6. The zero-order chi connectivity index (χ0) is 10.1. The Bertz CT molecular complexity index is 228. The summed E-state index contributed by atoms with van der Waals surface area (Å²) in [5.74, 6) is 0. The van der Waals surface area contributed by atoms with E-state index in [1.165, 1.54) is 19.2 Å². The first-order valence-electron chi connectivity index (χ1n) is 5.51. The maximum Gasteiger partial charge on any atom is 1.00 e. The topological polar surface area (TPSA) is 14.1 Å². The van der Waals surface area contributed by atoms with E-state index in [-0.39, 0.29) is 29.6 Å². The largest absolute Gasteiger partial charge is 1.00 e. The van der Waals surface area contributed by atoms with Gasteiger partial charge in [0.2, 0.25) is 0 Å². The van der Waals surface area contributed by atoms with Crippen LogP contribution in [0, 0.1) is 0 Å². The Morgan fingerprint density at radius 1 is 1.14 bits per heavy atom. The minimum absolute atomic E-state index is 0. The van der Waals surface area contributed by atoms with Crippen molar-refractivity contribution in [2.24, 2.45) is 0 Å². The maximum atomic E-state index is 5.01. The molecule has 1 rings (SSSR count). The Morgan fingerprint density at radius 2 is 1.71 bits per heavy atom. The van der Waals surface area contributed by atoms with Crippen LogP contribution in [-0.2, 0) is 0 Å². The Labute approximate surface area is 113 Å². The molecule has 0 amide bonds. The monoisotopic (exact) mass is 217 g/mol. The number of nitrogens with zero attached hydrogens (tertiary/aromatic N) is 1. The molecule has 0 atom stereocenters. The van der Waals surface area contributed by atoms with Crippen molar-refractivity contribution in [3.05, 3.63) is 15.6 Å². The SMILES string of the molecule is CCB1[N-][Si](C)(C)C(CC)=C1CC.[Na+]. The summed E-state index contributed by atoms with van der Waals surface area (Å²) in [5, 5.41) is 1.72. The molecule has 0 aromatic rings. The van der Waals surface area contributed by atoms with Gasteiger partial charge in [-0.15, -0.1) is 10.7 Å². The van der Waals surface area contributed by atoms with Crippen molar-refractivity contribution >= 4 is 15.1 Å². The summed E-state index contributed by atoms with van der Waals surface area (Å²) in [6.07, 6.45) is 3.63. The van der Waals surface area contributed by atoms with E-state index in [1.54, 1.807) is 10.7 Å². The Balaban J connectivity index is 0.00000169. The Hall–Kier alpha value is 0.982. The Morgan fingerprint density at radius 3 is 2.07 bits per heavy atom. The molecule has 0 aliphatic carbocycles. The van der Waals surface area contributed by atoms with Gasteiger partial charge in [0.15, 0.2) is 0 Å². The molecule has 0 aromatic heterocycles. The number of hydrogen-bond acceptors (Lipinski definition) is 0. The van der Waals surface area contributed by atoms with Crippen LogP contribution in [-0.4, -0.2) is 15.1 Å². The van der Waals surface area contributed by atoms with E-state index >= 15 is 0 Å². The summed E-state index contributed by atoms with van der Waals surface area (Å²) in [4.78, 5) is 5.01. The van der Waals surface area contributed by atoms with Gasteiger partial charge in [0.1, 0.15) is 0 Å². The van der Waals surface area contributed by atoms with Gasteiger partial charge in [-0.25, -0.2) is 0 Å². The zero-order valence-corrected chi connectivity index (χ0v) is 13.6. The average molecular weight is 217 g/mol. The molecule has 0 unspecified atom stereocenters. The number of allylic oxidation sites excluding steroid dienone is 2. The van der Waals surface area contributed by atoms with Crippen molar-refractivity contribution in [1.82, 2.24) is 0 Å². The molecule has 74 valence electrons. The second kappa shape index (κ2) is 5.90. The van der Waals surface area contributed by atoms with E-state index in [4.69, 9.17) is 4.89 Å². The van der Waals surface area contributed by atoms with Crippen molar-refractivity contribution in [3.8, 4) is 0 Å². The molecule has 0 aromatic carbocycles. The maximum absolute atomic E-state index is 5.01. The van der Waals surface area contributed by atoms with Gasteiger partial charge in [0.25, 0.3) is 0 Å². The molecule has 0 N–H and O–H groups in total. The van der Waals surface area contributed by atoms with E-state index in [0.29, 0.717) is 6.85 Å². The Kier molecular flexibility index (Phi) is 6.32. The van der Waals surface area contributed by atoms with Crippen LogP contribution in [0.1, 0.15) is 33.6 Å². The van der Waals surface area contributed by atoms with Crippen LogP contribution >= 0.6 is 0 Å². The van der Waals surface area contributed by atoms with Crippen molar-refractivity contribution in [1.29, 1.82) is 0 Å². The third-order valence-electron chi connectivity index (χ3n) is 3.13. The van der Waals surface area contributed by atoms with Gasteiger partial charge in [-0.3, -0.25) is 0 Å². The molecule has 0 fully saturated rings. The molecule has 0 saturated carbocycles. The molecule has 0 saturated heterocycles. The normalized spacial score (nSPS) is 19.9. The van der Waals surface area contributed by atoms with Crippen LogP contribution < -0.4 is 29.6 Å². The molecule has 1 nitrogen and oxygen atoms in total. The van der Waals surface area contributed by atoms with E-state index in [9.17, 15) is 0 Å². The van der Waals surface area contributed by atoms with E-state index in [0.717, 1.165) is 0 Å². The van der Waals surface area contributed by atoms with E-state index in [1.807, 2.05) is 0 Å². The van der Waals surface area contributed by atoms with Crippen molar-refractivity contribution < 1.29 is 29.6 Å². The first kappa shape index (κ1) is 15.0. The van der Waals surface area contributed by atoms with Gasteiger partial charge in [-0.1, -0.05) is 40.2 Å². The third kappa shape index (κ3) is 2.76. The molecule has 0 spiro atoms. The van der Waals surface area contributed by atoms with Gasteiger partial charge < -0.3 is 4.89 Å². The predicted molar refractivity (Wildman–Crippen MR) is 64.7 cm³/mol. The van der Waals surface area contributed by atoms with Crippen molar-refractivity contribution in [2.75, 3.05) is 0 Å². The molecule has 4 heteroatoms. The average Bonchev–Trinajstić information content (AvgIpc) is 2.35. The molecular weight excluding hydrogens is 196 g/mol. The summed E-state index contributed by atoms with van der Waals surface area (Å²) >= 11 is 0. The van der Waals surface area contributed by atoms with Gasteiger partial charge in [0.05, 0.1) is 0 Å². The summed E-state index contributed by atoms with van der Waals surface area (Å²) < 4.78 is 0. The van der Waals surface area contributed by atoms with Crippen LogP contribution in [0.4, 0.5) is 0 Å². The van der Waals surface area contributed by atoms with Crippen molar-refractivity contribution in [2.45, 2.75) is 53.0 Å². The second-order valence-electron chi connectivity index (χ2n) is 4.32. The smallest absolute Gasteiger partial charge is 0.681 e. The van der Waals surface area contributed by atoms with Crippen LogP contribution in [0.25, 0.3) is 4.89 Å². The summed E-state index contributed by atoms with van der Waals surface area (Å²) in [6, 6.07) is 0. The first-order valence-corrected chi connectivity index (χ1v) is 8.45. The molecule has 0 bridgehead atoms. The summed E-state index contributed by atoms with van der Waals surface area (Å²) in [7, 11) is -1.33. The molecular formula is C10H21BNNaSi. The summed E-state index contributed by atoms with van der Waals surface area (Å²) in [5.41, 5.74) is 1.67. The quantitative estimate of drug-likeness (QED) is 0.620. The molecule has 1 aliphatic heterocycles. The van der Waals surface area contributed by atoms with Crippen molar-refractivity contribution in [3.63, 3.8) is 0 Å². The fraction of sp³-hybridized carbons (Fsp3) is 0.800. The standard InChI is InChI=1S/C10H21BNSi.Na/c1-6-9-10(7-2)13(4,5)12-11(9)8-3;/h6-8H2,1-5H3;/q-1;+1. The fourth-order valence-electron chi connectivity index (χ4n) is 2.59. The van der Waals surface area contributed by atoms with E-state index < -0.39 is 8.24 Å². The second-order valence-corrected chi connectivity index (χ2v) is 8.30. The summed E-state index contributed by atoms with van der Waals surface area (Å²) in [6.45, 7) is 12.2. The van der Waals surface area contributed by atoms with E-state index in [2.05, 4.69) is 33.9 Å². The molecule has 14 heavy (non-hydrogen) atoms. The predicted octanol–water partition coefficient (Wildman–Crippen LogP) is 0.789. The third-order valence-corrected chi connectivity index (χ3v) is 6.24. The van der Waals surface area contributed by atoms with Gasteiger partial charge in [-0.05, 0) is 21.1 Å². The molecule has 1 aliphatic rings. The van der Waals surface area contributed by atoms with Gasteiger partial charge in [-0.2, -0.15) is 0 Å². The van der Waals surface area contributed by atoms with Gasteiger partial charge in [0, 0.05) is 6.85 Å². The van der Waals surface area contributed by atoms with Crippen LogP contribution in [0.2, 0.25) is 19.4 Å².